The van der Waals surface area contributed by atoms with Gasteiger partial charge in [0, 0.05) is 13.1 Å². The summed E-state index contributed by atoms with van der Waals surface area (Å²) in [6, 6.07) is -0.997. The van der Waals surface area contributed by atoms with Crippen LogP contribution in [0.5, 0.6) is 0 Å². The zero-order valence-corrected chi connectivity index (χ0v) is 12.2. The molecule has 110 valence electrons. The minimum Gasteiger partial charge on any atom is -0.480 e. The zero-order valence-electron chi connectivity index (χ0n) is 12.2. The lowest BCUT2D eigenvalue weighted by molar-refractivity contribution is -0.139. The van der Waals surface area contributed by atoms with Crippen molar-refractivity contribution in [2.24, 2.45) is 11.8 Å². The van der Waals surface area contributed by atoms with Crippen molar-refractivity contribution in [3.63, 3.8) is 0 Å². The van der Waals surface area contributed by atoms with E-state index in [1.54, 1.807) is 4.90 Å². The maximum Gasteiger partial charge on any atom is 0.326 e. The Morgan fingerprint density at radius 2 is 1.89 bits per heavy atom. The van der Waals surface area contributed by atoms with E-state index in [0.717, 1.165) is 32.4 Å². The Morgan fingerprint density at radius 1 is 1.32 bits per heavy atom. The molecule has 19 heavy (non-hydrogen) atoms. The van der Waals surface area contributed by atoms with Gasteiger partial charge in [-0.2, -0.15) is 0 Å². The lowest BCUT2D eigenvalue weighted by Gasteiger charge is -2.34. The van der Waals surface area contributed by atoms with Crippen LogP contribution >= 0.6 is 0 Å². The van der Waals surface area contributed by atoms with Crippen LogP contribution < -0.4 is 5.32 Å². The maximum absolute atomic E-state index is 12.0. The molecule has 1 aliphatic heterocycles. The first-order valence-electron chi connectivity index (χ1n) is 7.24. The Bertz CT molecular complexity index is 310. The molecule has 0 saturated carbocycles. The fraction of sp³-hybridized carbons (Fsp3) is 0.857. The third-order valence-corrected chi connectivity index (χ3v) is 3.94. The third-order valence-electron chi connectivity index (χ3n) is 3.94. The van der Waals surface area contributed by atoms with Gasteiger partial charge in [-0.3, -0.25) is 0 Å². The van der Waals surface area contributed by atoms with Crippen molar-refractivity contribution in [1.82, 2.24) is 10.2 Å². The minimum absolute atomic E-state index is 0.233. The van der Waals surface area contributed by atoms with E-state index in [9.17, 15) is 9.59 Å². The summed E-state index contributed by atoms with van der Waals surface area (Å²) in [5.74, 6) is 0.374. The van der Waals surface area contributed by atoms with Crippen molar-refractivity contribution in [1.29, 1.82) is 0 Å². The molecule has 0 bridgehead atoms. The number of carboxylic acids is 1. The standard InChI is InChI=1S/C14H26N2O3/c1-4-5-12(13(17)18)15-14(19)16-8-6-11(7-9-16)10(2)3/h10-12H,4-9H2,1-3H3,(H,15,19)(H,17,18). The second-order valence-electron chi connectivity index (χ2n) is 5.70. The molecule has 0 radical (unpaired) electrons. The summed E-state index contributed by atoms with van der Waals surface area (Å²) in [5, 5.41) is 11.7. The number of likely N-dealkylation sites (tertiary alicyclic amines) is 1. The average Bonchev–Trinajstić information content (AvgIpc) is 2.38. The van der Waals surface area contributed by atoms with Gasteiger partial charge in [0.05, 0.1) is 0 Å². The van der Waals surface area contributed by atoms with E-state index in [4.69, 9.17) is 5.11 Å². The third kappa shape index (κ3) is 4.73. The van der Waals surface area contributed by atoms with Crippen LogP contribution in [0.3, 0.4) is 0 Å². The summed E-state index contributed by atoms with van der Waals surface area (Å²) in [6.45, 7) is 7.79. The molecule has 0 aromatic heterocycles. The SMILES string of the molecule is CCCC(NC(=O)N1CCC(C(C)C)CC1)C(=O)O. The molecule has 1 fully saturated rings. The molecule has 0 aromatic rings. The van der Waals surface area contributed by atoms with Crippen molar-refractivity contribution in [2.45, 2.75) is 52.5 Å². The highest BCUT2D eigenvalue weighted by molar-refractivity contribution is 5.82. The van der Waals surface area contributed by atoms with Gasteiger partial charge in [-0.15, -0.1) is 0 Å². The lowest BCUT2D eigenvalue weighted by atomic mass is 9.87. The molecule has 1 unspecified atom stereocenters. The number of urea groups is 1. The summed E-state index contributed by atoms with van der Waals surface area (Å²) in [6.07, 6.45) is 3.24. The summed E-state index contributed by atoms with van der Waals surface area (Å²) in [5.41, 5.74) is 0. The van der Waals surface area contributed by atoms with Crippen LogP contribution in [0.4, 0.5) is 4.79 Å². The highest BCUT2D eigenvalue weighted by atomic mass is 16.4. The first-order chi connectivity index (χ1) is 8.95. The van der Waals surface area contributed by atoms with Gasteiger partial charge in [0.1, 0.15) is 6.04 Å². The first-order valence-corrected chi connectivity index (χ1v) is 7.24. The van der Waals surface area contributed by atoms with E-state index < -0.39 is 12.0 Å². The number of carbonyl (C=O) groups is 2. The van der Waals surface area contributed by atoms with Gasteiger partial charge in [-0.25, -0.2) is 9.59 Å². The van der Waals surface area contributed by atoms with Crippen molar-refractivity contribution >= 4 is 12.0 Å². The number of nitrogens with zero attached hydrogens (tertiary/aromatic N) is 1. The van der Waals surface area contributed by atoms with Crippen LogP contribution in [-0.4, -0.2) is 41.1 Å². The summed E-state index contributed by atoms with van der Waals surface area (Å²) in [4.78, 5) is 24.8. The zero-order chi connectivity index (χ0) is 14.4. The minimum atomic E-state index is -0.952. The van der Waals surface area contributed by atoms with Crippen molar-refractivity contribution in [3.05, 3.63) is 0 Å². The summed E-state index contributed by atoms with van der Waals surface area (Å²) < 4.78 is 0. The highest BCUT2D eigenvalue weighted by Gasteiger charge is 2.27. The second-order valence-corrected chi connectivity index (χ2v) is 5.70. The molecule has 0 aliphatic carbocycles. The van der Waals surface area contributed by atoms with Crippen LogP contribution in [-0.2, 0) is 4.79 Å². The molecule has 5 nitrogen and oxygen atoms in total. The van der Waals surface area contributed by atoms with Crippen LogP contribution in [0.25, 0.3) is 0 Å². The molecule has 1 heterocycles. The number of aliphatic carboxylic acids is 1. The predicted octanol–water partition coefficient (Wildman–Crippen LogP) is 2.32. The van der Waals surface area contributed by atoms with E-state index in [0.29, 0.717) is 18.3 Å². The monoisotopic (exact) mass is 270 g/mol. The molecule has 1 rings (SSSR count). The Labute approximate surface area is 115 Å². The maximum atomic E-state index is 12.0. The number of piperidine rings is 1. The van der Waals surface area contributed by atoms with Crippen molar-refractivity contribution < 1.29 is 14.7 Å². The van der Waals surface area contributed by atoms with E-state index in [1.807, 2.05) is 6.92 Å². The Morgan fingerprint density at radius 3 is 2.32 bits per heavy atom. The molecule has 0 spiro atoms. The van der Waals surface area contributed by atoms with Crippen LogP contribution in [0.15, 0.2) is 0 Å². The van der Waals surface area contributed by atoms with E-state index in [-0.39, 0.29) is 6.03 Å². The van der Waals surface area contributed by atoms with Gasteiger partial charge in [-0.05, 0) is 31.1 Å². The average molecular weight is 270 g/mol. The van der Waals surface area contributed by atoms with Gasteiger partial charge in [0.2, 0.25) is 0 Å². The molecule has 2 amide bonds. The lowest BCUT2D eigenvalue weighted by Crippen LogP contribution is -2.50. The molecule has 2 N–H and O–H groups in total. The fourth-order valence-corrected chi connectivity index (χ4v) is 2.56. The molecule has 0 aromatic carbocycles. The van der Waals surface area contributed by atoms with Gasteiger partial charge in [0.25, 0.3) is 0 Å². The number of hydrogen-bond acceptors (Lipinski definition) is 2. The Kier molecular flexibility index (Phi) is 6.12. The quantitative estimate of drug-likeness (QED) is 0.805. The van der Waals surface area contributed by atoms with Gasteiger partial charge in [0.15, 0.2) is 0 Å². The summed E-state index contributed by atoms with van der Waals surface area (Å²) in [7, 11) is 0. The number of amides is 2. The predicted molar refractivity (Wildman–Crippen MR) is 74.0 cm³/mol. The number of hydrogen-bond donors (Lipinski definition) is 2. The largest absolute Gasteiger partial charge is 0.480 e. The molecule has 1 saturated heterocycles. The molecule has 5 heteroatoms. The highest BCUT2D eigenvalue weighted by Crippen LogP contribution is 2.24. The molecular weight excluding hydrogens is 244 g/mol. The normalized spacial score (nSPS) is 18.4. The number of rotatable bonds is 5. The molecular formula is C14H26N2O3. The smallest absolute Gasteiger partial charge is 0.326 e. The fourth-order valence-electron chi connectivity index (χ4n) is 2.56. The number of nitrogens with one attached hydrogen (secondary N) is 1. The number of carbonyl (C=O) groups excluding carboxylic acids is 1. The van der Waals surface area contributed by atoms with Crippen LogP contribution in [0, 0.1) is 11.8 Å². The second kappa shape index (κ2) is 7.36. The van der Waals surface area contributed by atoms with Crippen LogP contribution in [0.1, 0.15) is 46.5 Å². The Balaban J connectivity index is 2.44. The number of carboxylic acid groups (broad SMARTS) is 1. The van der Waals surface area contributed by atoms with E-state index in [1.165, 1.54) is 0 Å². The van der Waals surface area contributed by atoms with Crippen molar-refractivity contribution in [2.75, 3.05) is 13.1 Å². The molecule has 1 atom stereocenters. The topological polar surface area (TPSA) is 69.6 Å². The van der Waals surface area contributed by atoms with Gasteiger partial charge >= 0.3 is 12.0 Å². The van der Waals surface area contributed by atoms with E-state index in [2.05, 4.69) is 19.2 Å². The first kappa shape index (κ1) is 15.8. The van der Waals surface area contributed by atoms with Crippen molar-refractivity contribution in [3.8, 4) is 0 Å². The summed E-state index contributed by atoms with van der Waals surface area (Å²) >= 11 is 0. The van der Waals surface area contributed by atoms with Gasteiger partial charge < -0.3 is 15.3 Å². The van der Waals surface area contributed by atoms with Gasteiger partial charge in [-0.1, -0.05) is 27.2 Å². The van der Waals surface area contributed by atoms with Crippen LogP contribution in [0.2, 0.25) is 0 Å². The Hall–Kier alpha value is -1.26. The molecule has 1 aliphatic rings. The van der Waals surface area contributed by atoms with E-state index >= 15 is 0 Å².